The summed E-state index contributed by atoms with van der Waals surface area (Å²) >= 11 is 0. The summed E-state index contributed by atoms with van der Waals surface area (Å²) in [4.78, 5) is 19.1. The highest BCUT2D eigenvalue weighted by molar-refractivity contribution is 5.76. The van der Waals surface area contributed by atoms with Gasteiger partial charge in [0, 0.05) is 32.2 Å². The van der Waals surface area contributed by atoms with Crippen molar-refractivity contribution in [1.82, 2.24) is 14.7 Å². The van der Waals surface area contributed by atoms with Crippen LogP contribution in [0.25, 0.3) is 0 Å². The maximum absolute atomic E-state index is 12.4. The zero-order chi connectivity index (χ0) is 15.9. The lowest BCUT2D eigenvalue weighted by molar-refractivity contribution is 0.00365. The number of amides is 2. The van der Waals surface area contributed by atoms with E-state index in [0.717, 1.165) is 43.9 Å². The molecule has 0 N–H and O–H groups in total. The van der Waals surface area contributed by atoms with Gasteiger partial charge in [-0.1, -0.05) is 27.7 Å². The standard InChI is InChI=1S/C18H33N3O/c1-13(2)15-5-7-19(8-6-15)17-11-21(12-17)18(22)20-9-16(10-20)14(3)4/h13-17H,5-12H2,1-4H3. The number of rotatable bonds is 3. The second-order valence-electron chi connectivity index (χ2n) is 8.37. The Kier molecular flexibility index (Phi) is 4.67. The Morgan fingerprint density at radius 1 is 0.818 bits per heavy atom. The number of hydrogen-bond acceptors (Lipinski definition) is 2. The highest BCUT2D eigenvalue weighted by atomic mass is 16.2. The minimum atomic E-state index is 0.283. The third kappa shape index (κ3) is 3.12. The van der Waals surface area contributed by atoms with Crippen molar-refractivity contribution in [2.75, 3.05) is 39.3 Å². The number of urea groups is 1. The zero-order valence-electron chi connectivity index (χ0n) is 14.8. The summed E-state index contributed by atoms with van der Waals surface area (Å²) in [6.07, 6.45) is 2.68. The number of nitrogens with zero attached hydrogens (tertiary/aromatic N) is 3. The summed E-state index contributed by atoms with van der Waals surface area (Å²) in [5.74, 6) is 3.15. The molecule has 3 rings (SSSR count). The number of hydrogen-bond donors (Lipinski definition) is 0. The lowest BCUT2D eigenvalue weighted by atomic mass is 9.85. The van der Waals surface area contributed by atoms with Crippen molar-refractivity contribution in [3.05, 3.63) is 0 Å². The molecule has 0 unspecified atom stereocenters. The van der Waals surface area contributed by atoms with Crippen LogP contribution in [-0.2, 0) is 0 Å². The average Bonchev–Trinajstić information content (AvgIpc) is 2.35. The molecule has 3 fully saturated rings. The summed E-state index contributed by atoms with van der Waals surface area (Å²) < 4.78 is 0. The van der Waals surface area contributed by atoms with E-state index < -0.39 is 0 Å². The molecule has 3 aliphatic heterocycles. The van der Waals surface area contributed by atoms with Crippen LogP contribution in [0.1, 0.15) is 40.5 Å². The molecule has 3 aliphatic rings. The van der Waals surface area contributed by atoms with Crippen LogP contribution in [0.2, 0.25) is 0 Å². The first-order chi connectivity index (χ1) is 10.5. The van der Waals surface area contributed by atoms with Gasteiger partial charge in [-0.3, -0.25) is 4.90 Å². The summed E-state index contributed by atoms with van der Waals surface area (Å²) in [5, 5.41) is 0. The van der Waals surface area contributed by atoms with Gasteiger partial charge in [0.2, 0.25) is 0 Å². The maximum Gasteiger partial charge on any atom is 0.320 e. The van der Waals surface area contributed by atoms with Crippen LogP contribution in [-0.4, -0.2) is 66.0 Å². The van der Waals surface area contributed by atoms with Crippen molar-refractivity contribution in [3.63, 3.8) is 0 Å². The van der Waals surface area contributed by atoms with Crippen LogP contribution in [0.4, 0.5) is 4.79 Å². The average molecular weight is 307 g/mol. The predicted molar refractivity (Wildman–Crippen MR) is 89.8 cm³/mol. The fourth-order valence-corrected chi connectivity index (χ4v) is 4.08. The molecule has 4 nitrogen and oxygen atoms in total. The van der Waals surface area contributed by atoms with Gasteiger partial charge < -0.3 is 9.80 Å². The molecule has 22 heavy (non-hydrogen) atoms. The first-order valence-corrected chi connectivity index (χ1v) is 9.23. The second kappa shape index (κ2) is 6.38. The smallest absolute Gasteiger partial charge is 0.320 e. The van der Waals surface area contributed by atoms with Gasteiger partial charge in [0.25, 0.3) is 0 Å². The molecule has 0 aromatic rings. The lowest BCUT2D eigenvalue weighted by Gasteiger charge is -2.51. The third-order valence-electron chi connectivity index (χ3n) is 6.29. The minimum Gasteiger partial charge on any atom is -0.324 e. The normalized spacial score (nSPS) is 25.7. The van der Waals surface area contributed by atoms with Gasteiger partial charge in [-0.05, 0) is 49.6 Å². The van der Waals surface area contributed by atoms with Gasteiger partial charge in [-0.15, -0.1) is 0 Å². The Hall–Kier alpha value is -0.770. The fourth-order valence-electron chi connectivity index (χ4n) is 4.08. The molecule has 2 amide bonds. The van der Waals surface area contributed by atoms with E-state index in [2.05, 4.69) is 37.5 Å². The van der Waals surface area contributed by atoms with Gasteiger partial charge in [0.15, 0.2) is 0 Å². The van der Waals surface area contributed by atoms with Crippen molar-refractivity contribution in [2.45, 2.75) is 46.6 Å². The Morgan fingerprint density at radius 3 is 1.82 bits per heavy atom. The lowest BCUT2D eigenvalue weighted by Crippen LogP contribution is -2.66. The Labute approximate surface area is 135 Å². The molecule has 0 aliphatic carbocycles. The van der Waals surface area contributed by atoms with Crippen LogP contribution < -0.4 is 0 Å². The minimum absolute atomic E-state index is 0.283. The number of carbonyl (C=O) groups is 1. The van der Waals surface area contributed by atoms with Gasteiger partial charge in [-0.2, -0.15) is 0 Å². The van der Waals surface area contributed by atoms with Crippen molar-refractivity contribution < 1.29 is 4.79 Å². The highest BCUT2D eigenvalue weighted by Crippen LogP contribution is 2.29. The molecule has 0 aromatic carbocycles. The molecular weight excluding hydrogens is 274 g/mol. The van der Waals surface area contributed by atoms with Gasteiger partial charge in [0.1, 0.15) is 0 Å². The number of piperidine rings is 1. The highest BCUT2D eigenvalue weighted by Gasteiger charge is 2.41. The van der Waals surface area contributed by atoms with Gasteiger partial charge in [0.05, 0.1) is 0 Å². The molecular formula is C18H33N3O. The first kappa shape index (κ1) is 16.1. The largest absolute Gasteiger partial charge is 0.324 e. The van der Waals surface area contributed by atoms with Crippen LogP contribution in [0, 0.1) is 23.7 Å². The first-order valence-electron chi connectivity index (χ1n) is 9.23. The fraction of sp³-hybridized carbons (Fsp3) is 0.944. The van der Waals surface area contributed by atoms with Gasteiger partial charge >= 0.3 is 6.03 Å². The van der Waals surface area contributed by atoms with Crippen LogP contribution in [0.3, 0.4) is 0 Å². The molecule has 3 saturated heterocycles. The van der Waals surface area contributed by atoms with Crippen molar-refractivity contribution >= 4 is 6.03 Å². The maximum atomic E-state index is 12.4. The van der Waals surface area contributed by atoms with Crippen LogP contribution in [0.5, 0.6) is 0 Å². The topological polar surface area (TPSA) is 26.8 Å². The molecule has 0 spiro atoms. The molecule has 0 radical (unpaired) electrons. The molecule has 4 heteroatoms. The van der Waals surface area contributed by atoms with Gasteiger partial charge in [-0.25, -0.2) is 4.79 Å². The molecule has 0 bridgehead atoms. The third-order valence-corrected chi connectivity index (χ3v) is 6.29. The predicted octanol–water partition coefficient (Wildman–Crippen LogP) is 2.75. The molecule has 0 atom stereocenters. The van der Waals surface area contributed by atoms with E-state index in [1.165, 1.54) is 25.9 Å². The summed E-state index contributed by atoms with van der Waals surface area (Å²) in [6.45, 7) is 15.5. The second-order valence-corrected chi connectivity index (χ2v) is 8.37. The van der Waals surface area contributed by atoms with Crippen LogP contribution >= 0.6 is 0 Å². The monoisotopic (exact) mass is 307 g/mol. The van der Waals surface area contributed by atoms with Crippen molar-refractivity contribution in [3.8, 4) is 0 Å². The SMILES string of the molecule is CC(C)C1CCN(C2CN(C(=O)N3CC(C(C)C)C3)C2)CC1. The van der Waals surface area contributed by atoms with E-state index in [0.29, 0.717) is 12.0 Å². The summed E-state index contributed by atoms with van der Waals surface area (Å²) in [5.41, 5.74) is 0. The summed E-state index contributed by atoms with van der Waals surface area (Å²) in [6, 6.07) is 0.907. The van der Waals surface area contributed by atoms with Crippen molar-refractivity contribution in [2.24, 2.45) is 23.7 Å². The molecule has 0 saturated carbocycles. The molecule has 0 aromatic heterocycles. The van der Waals surface area contributed by atoms with E-state index in [4.69, 9.17) is 0 Å². The Morgan fingerprint density at radius 2 is 1.32 bits per heavy atom. The molecule has 3 heterocycles. The van der Waals surface area contributed by atoms with E-state index in [-0.39, 0.29) is 6.03 Å². The van der Waals surface area contributed by atoms with E-state index >= 15 is 0 Å². The van der Waals surface area contributed by atoms with E-state index in [1.807, 2.05) is 4.90 Å². The molecule has 126 valence electrons. The van der Waals surface area contributed by atoms with Crippen molar-refractivity contribution in [1.29, 1.82) is 0 Å². The van der Waals surface area contributed by atoms with Crippen LogP contribution in [0.15, 0.2) is 0 Å². The Balaban J connectivity index is 1.37. The van der Waals surface area contributed by atoms with E-state index in [9.17, 15) is 4.79 Å². The van der Waals surface area contributed by atoms with E-state index in [1.54, 1.807) is 0 Å². The zero-order valence-corrected chi connectivity index (χ0v) is 14.8. The quantitative estimate of drug-likeness (QED) is 0.801. The summed E-state index contributed by atoms with van der Waals surface area (Å²) in [7, 11) is 0. The number of likely N-dealkylation sites (tertiary alicyclic amines) is 3. The number of carbonyl (C=O) groups excluding carboxylic acids is 1. The Bertz CT molecular complexity index is 389.